The van der Waals surface area contributed by atoms with Gasteiger partial charge in [-0.2, -0.15) is 0 Å². The van der Waals surface area contributed by atoms with Gasteiger partial charge < -0.3 is 20.7 Å². The van der Waals surface area contributed by atoms with Crippen molar-refractivity contribution in [1.82, 2.24) is 14.9 Å². The van der Waals surface area contributed by atoms with E-state index in [1.165, 1.54) is 0 Å². The third kappa shape index (κ3) is 3.03. The highest BCUT2D eigenvalue weighted by Crippen LogP contribution is 2.07. The van der Waals surface area contributed by atoms with Crippen molar-refractivity contribution in [2.75, 3.05) is 6.54 Å². The fourth-order valence-corrected chi connectivity index (χ4v) is 1.27. The zero-order valence-corrected chi connectivity index (χ0v) is 8.84. The zero-order valence-electron chi connectivity index (χ0n) is 8.84. The first kappa shape index (κ1) is 11.7. The number of rotatable bonds is 5. The maximum absolute atomic E-state index is 10.6. The van der Waals surface area contributed by atoms with Gasteiger partial charge in [-0.1, -0.05) is 0 Å². The third-order valence-electron chi connectivity index (χ3n) is 2.19. The van der Waals surface area contributed by atoms with Crippen LogP contribution in [0.3, 0.4) is 0 Å². The number of primary amides is 1. The van der Waals surface area contributed by atoms with E-state index >= 15 is 0 Å². The monoisotopic (exact) mass is 212 g/mol. The molecule has 15 heavy (non-hydrogen) atoms. The predicted molar refractivity (Wildman–Crippen MR) is 54.8 cm³/mol. The highest BCUT2D eigenvalue weighted by Gasteiger charge is 2.14. The number of aromatic nitrogens is 2. The second-order valence-electron chi connectivity index (χ2n) is 3.44. The summed E-state index contributed by atoms with van der Waals surface area (Å²) in [7, 11) is 1.88. The lowest BCUT2D eigenvalue weighted by Gasteiger charge is -2.15. The van der Waals surface area contributed by atoms with Crippen LogP contribution in [-0.4, -0.2) is 33.2 Å². The first-order chi connectivity index (χ1) is 7.02. The molecule has 4 N–H and O–H groups in total. The number of hydrogen-bond donors (Lipinski definition) is 3. The topological polar surface area (TPSA) is 93.2 Å². The van der Waals surface area contributed by atoms with Crippen LogP contribution < -0.4 is 11.1 Å². The minimum atomic E-state index is -1.16. The van der Waals surface area contributed by atoms with Crippen molar-refractivity contribution in [3.63, 3.8) is 0 Å². The molecule has 0 saturated carbocycles. The first-order valence-electron chi connectivity index (χ1n) is 4.70. The Morgan fingerprint density at radius 2 is 2.47 bits per heavy atom. The molecular weight excluding hydrogens is 196 g/mol. The van der Waals surface area contributed by atoms with E-state index in [0.717, 1.165) is 5.82 Å². The van der Waals surface area contributed by atoms with Crippen LogP contribution in [0.25, 0.3) is 0 Å². The Kier molecular flexibility index (Phi) is 3.81. The number of nitrogens with zero attached hydrogens (tertiary/aromatic N) is 2. The van der Waals surface area contributed by atoms with Crippen LogP contribution >= 0.6 is 0 Å². The van der Waals surface area contributed by atoms with Gasteiger partial charge in [0.05, 0.1) is 6.04 Å². The van der Waals surface area contributed by atoms with Gasteiger partial charge in [-0.25, -0.2) is 4.98 Å². The SMILES string of the molecule is CC(NCC(O)C(N)=O)c1nccn1C. The van der Waals surface area contributed by atoms with Gasteiger partial charge in [0.1, 0.15) is 11.9 Å². The molecule has 1 amide bonds. The number of nitrogens with two attached hydrogens (primary N) is 1. The number of imidazole rings is 1. The van der Waals surface area contributed by atoms with E-state index in [2.05, 4.69) is 10.3 Å². The van der Waals surface area contributed by atoms with Gasteiger partial charge in [-0.15, -0.1) is 0 Å². The molecule has 0 saturated heterocycles. The summed E-state index contributed by atoms with van der Waals surface area (Å²) in [6.45, 7) is 2.03. The van der Waals surface area contributed by atoms with Gasteiger partial charge in [-0.05, 0) is 6.92 Å². The Bertz CT molecular complexity index is 337. The van der Waals surface area contributed by atoms with E-state index in [4.69, 9.17) is 5.73 Å². The molecule has 2 unspecified atom stereocenters. The Labute approximate surface area is 88.1 Å². The molecule has 0 aliphatic rings. The van der Waals surface area contributed by atoms with Gasteiger partial charge >= 0.3 is 0 Å². The molecular formula is C9H16N4O2. The minimum Gasteiger partial charge on any atom is -0.382 e. The molecule has 0 bridgehead atoms. The number of nitrogens with one attached hydrogen (secondary N) is 1. The largest absolute Gasteiger partial charge is 0.382 e. The summed E-state index contributed by atoms with van der Waals surface area (Å²) in [6, 6.07) is -0.0426. The fourth-order valence-electron chi connectivity index (χ4n) is 1.27. The average Bonchev–Trinajstić information content (AvgIpc) is 2.60. The van der Waals surface area contributed by atoms with Crippen molar-refractivity contribution in [2.24, 2.45) is 12.8 Å². The van der Waals surface area contributed by atoms with Crippen molar-refractivity contribution in [3.8, 4) is 0 Å². The van der Waals surface area contributed by atoms with Crippen molar-refractivity contribution in [1.29, 1.82) is 0 Å². The lowest BCUT2D eigenvalue weighted by Crippen LogP contribution is -2.38. The highest BCUT2D eigenvalue weighted by molar-refractivity contribution is 5.78. The molecule has 0 aliphatic carbocycles. The number of amides is 1. The van der Waals surface area contributed by atoms with Crippen LogP contribution in [0.4, 0.5) is 0 Å². The maximum atomic E-state index is 10.6. The molecule has 84 valence electrons. The average molecular weight is 212 g/mol. The third-order valence-corrected chi connectivity index (χ3v) is 2.19. The molecule has 0 spiro atoms. The molecule has 1 aromatic heterocycles. The van der Waals surface area contributed by atoms with Crippen LogP contribution in [-0.2, 0) is 11.8 Å². The summed E-state index contributed by atoms with van der Waals surface area (Å²) in [5.74, 6) is 0.112. The van der Waals surface area contributed by atoms with E-state index in [-0.39, 0.29) is 12.6 Å². The first-order valence-corrected chi connectivity index (χ1v) is 4.70. The normalized spacial score (nSPS) is 14.9. The van der Waals surface area contributed by atoms with Crippen molar-refractivity contribution >= 4 is 5.91 Å². The van der Waals surface area contributed by atoms with E-state index in [1.54, 1.807) is 6.20 Å². The lowest BCUT2D eigenvalue weighted by molar-refractivity contribution is -0.125. The van der Waals surface area contributed by atoms with Crippen molar-refractivity contribution in [2.45, 2.75) is 19.1 Å². The van der Waals surface area contributed by atoms with Crippen molar-refractivity contribution < 1.29 is 9.90 Å². The summed E-state index contributed by atoms with van der Waals surface area (Å²) in [5, 5.41) is 12.2. The van der Waals surface area contributed by atoms with E-state index in [1.807, 2.05) is 24.7 Å². The van der Waals surface area contributed by atoms with Crippen LogP contribution in [0.15, 0.2) is 12.4 Å². The van der Waals surface area contributed by atoms with E-state index in [0.29, 0.717) is 0 Å². The minimum absolute atomic E-state index is 0.0426. The Morgan fingerprint density at radius 3 is 2.93 bits per heavy atom. The molecule has 6 heteroatoms. The quantitative estimate of drug-likeness (QED) is 0.578. The standard InChI is InChI=1S/C9H16N4O2/c1-6(9-11-3-4-13(9)2)12-5-7(14)8(10)15/h3-4,6-7,12,14H,5H2,1-2H3,(H2,10,15). The number of aliphatic hydroxyl groups excluding tert-OH is 1. The van der Waals surface area contributed by atoms with Gasteiger partial charge in [0.25, 0.3) is 0 Å². The number of carbonyl (C=O) groups excluding carboxylic acids is 1. The van der Waals surface area contributed by atoms with Gasteiger partial charge in [0.15, 0.2) is 0 Å². The molecule has 1 heterocycles. The van der Waals surface area contributed by atoms with Gasteiger partial charge in [0, 0.05) is 26.0 Å². The number of aryl methyl sites for hydroxylation is 1. The maximum Gasteiger partial charge on any atom is 0.247 e. The second kappa shape index (κ2) is 4.90. The van der Waals surface area contributed by atoms with Gasteiger partial charge in [0.2, 0.25) is 5.91 Å². The van der Waals surface area contributed by atoms with Crippen LogP contribution in [0.5, 0.6) is 0 Å². The summed E-state index contributed by atoms with van der Waals surface area (Å²) in [5.41, 5.74) is 4.92. The van der Waals surface area contributed by atoms with Crippen LogP contribution in [0, 0.1) is 0 Å². The molecule has 6 nitrogen and oxygen atoms in total. The van der Waals surface area contributed by atoms with Crippen LogP contribution in [0.1, 0.15) is 18.8 Å². The Morgan fingerprint density at radius 1 is 1.80 bits per heavy atom. The highest BCUT2D eigenvalue weighted by atomic mass is 16.3. The molecule has 0 fully saturated rings. The van der Waals surface area contributed by atoms with E-state index in [9.17, 15) is 9.90 Å². The predicted octanol–water partition coefficient (Wildman–Crippen LogP) is -1.08. The molecule has 1 rings (SSSR count). The zero-order chi connectivity index (χ0) is 11.4. The van der Waals surface area contributed by atoms with Gasteiger partial charge in [-0.3, -0.25) is 4.79 Å². The van der Waals surface area contributed by atoms with E-state index < -0.39 is 12.0 Å². The number of hydrogen-bond acceptors (Lipinski definition) is 4. The smallest absolute Gasteiger partial charge is 0.247 e. The molecule has 0 radical (unpaired) electrons. The Balaban J connectivity index is 2.47. The lowest BCUT2D eigenvalue weighted by atomic mass is 10.2. The summed E-state index contributed by atoms with van der Waals surface area (Å²) < 4.78 is 1.87. The van der Waals surface area contributed by atoms with Crippen molar-refractivity contribution in [3.05, 3.63) is 18.2 Å². The fraction of sp³-hybridized carbons (Fsp3) is 0.556. The molecule has 0 aromatic carbocycles. The second-order valence-corrected chi connectivity index (χ2v) is 3.44. The molecule has 1 aromatic rings. The summed E-state index contributed by atoms with van der Waals surface area (Å²) in [6.07, 6.45) is 2.36. The number of carbonyl (C=O) groups is 1. The molecule has 2 atom stereocenters. The summed E-state index contributed by atoms with van der Waals surface area (Å²) in [4.78, 5) is 14.7. The number of aliphatic hydroxyl groups is 1. The Hall–Kier alpha value is -1.40. The molecule has 0 aliphatic heterocycles. The van der Waals surface area contributed by atoms with Crippen LogP contribution in [0.2, 0.25) is 0 Å². The summed E-state index contributed by atoms with van der Waals surface area (Å²) >= 11 is 0.